The summed E-state index contributed by atoms with van der Waals surface area (Å²) in [5, 5.41) is 0. The highest BCUT2D eigenvalue weighted by Crippen LogP contribution is 1.90. The summed E-state index contributed by atoms with van der Waals surface area (Å²) in [7, 11) is 2.74. The molecule has 76 valence electrons. The molecule has 0 atom stereocenters. The van der Waals surface area contributed by atoms with E-state index in [4.69, 9.17) is 0 Å². The lowest BCUT2D eigenvalue weighted by molar-refractivity contribution is -0.165. The first kappa shape index (κ1) is 11.9. The molecule has 0 aromatic heterocycles. The molecule has 6 heteroatoms. The minimum Gasteiger partial charge on any atom is -0.438 e. The van der Waals surface area contributed by atoms with E-state index >= 15 is 0 Å². The van der Waals surface area contributed by atoms with Gasteiger partial charge in [-0.3, -0.25) is 9.59 Å². The zero-order chi connectivity index (χ0) is 10.1. The first-order valence-corrected chi connectivity index (χ1v) is 3.49. The standard InChI is InChI=1S/C7H12O6/c1-10-4-12-6(8)3-7(9)13-5-11-2/h3-5H2,1-2H3. The number of esters is 2. The second kappa shape index (κ2) is 7.51. The zero-order valence-electron chi connectivity index (χ0n) is 7.57. The van der Waals surface area contributed by atoms with Crippen LogP contribution in [0.2, 0.25) is 0 Å². The SMILES string of the molecule is COCOC(=O)CC(=O)OCOC. The molecule has 0 aliphatic rings. The van der Waals surface area contributed by atoms with Gasteiger partial charge in [-0.25, -0.2) is 0 Å². The van der Waals surface area contributed by atoms with Crippen molar-refractivity contribution in [3.05, 3.63) is 0 Å². The fourth-order valence-electron chi connectivity index (χ4n) is 0.469. The summed E-state index contributed by atoms with van der Waals surface area (Å²) in [6.07, 6.45) is -0.438. The third kappa shape index (κ3) is 7.23. The van der Waals surface area contributed by atoms with E-state index in [1.54, 1.807) is 0 Å². The Balaban J connectivity index is 3.47. The molecule has 0 radical (unpaired) electrons. The first-order valence-electron chi connectivity index (χ1n) is 3.49. The molecule has 0 rings (SSSR count). The van der Waals surface area contributed by atoms with Crippen molar-refractivity contribution in [1.29, 1.82) is 0 Å². The van der Waals surface area contributed by atoms with E-state index < -0.39 is 18.4 Å². The topological polar surface area (TPSA) is 71.1 Å². The van der Waals surface area contributed by atoms with E-state index in [0.29, 0.717) is 0 Å². The van der Waals surface area contributed by atoms with Gasteiger partial charge in [0.05, 0.1) is 0 Å². The smallest absolute Gasteiger partial charge is 0.319 e. The normalized spacial score (nSPS) is 9.38. The maximum Gasteiger partial charge on any atom is 0.319 e. The van der Waals surface area contributed by atoms with Gasteiger partial charge >= 0.3 is 11.9 Å². The third-order valence-electron chi connectivity index (χ3n) is 0.964. The number of hydrogen-bond donors (Lipinski definition) is 0. The summed E-state index contributed by atoms with van der Waals surface area (Å²) in [4.78, 5) is 21.5. The lowest BCUT2D eigenvalue weighted by Gasteiger charge is -2.03. The van der Waals surface area contributed by atoms with Crippen LogP contribution in [0.1, 0.15) is 6.42 Å². The highest BCUT2D eigenvalue weighted by Gasteiger charge is 2.11. The maximum atomic E-state index is 10.7. The molecule has 6 nitrogen and oxygen atoms in total. The minimum absolute atomic E-state index is 0.170. The van der Waals surface area contributed by atoms with Gasteiger partial charge in [0.15, 0.2) is 13.6 Å². The number of hydrogen-bond acceptors (Lipinski definition) is 6. The molecule has 0 bridgehead atoms. The molecular weight excluding hydrogens is 180 g/mol. The summed E-state index contributed by atoms with van der Waals surface area (Å²) >= 11 is 0. The largest absolute Gasteiger partial charge is 0.438 e. The summed E-state index contributed by atoms with van der Waals surface area (Å²) in [6, 6.07) is 0. The quantitative estimate of drug-likeness (QED) is 0.326. The van der Waals surface area contributed by atoms with Crippen LogP contribution in [-0.2, 0) is 28.5 Å². The molecule has 0 fully saturated rings. The molecule has 0 saturated carbocycles. The number of carbonyl (C=O) groups excluding carboxylic acids is 2. The lowest BCUT2D eigenvalue weighted by atomic mass is 10.4. The molecule has 0 amide bonds. The Morgan fingerprint density at radius 2 is 1.31 bits per heavy atom. The number of methoxy groups -OCH3 is 2. The highest BCUT2D eigenvalue weighted by molar-refractivity contribution is 5.91. The van der Waals surface area contributed by atoms with E-state index in [9.17, 15) is 9.59 Å². The van der Waals surface area contributed by atoms with Crippen molar-refractivity contribution in [1.82, 2.24) is 0 Å². The Morgan fingerprint density at radius 3 is 1.62 bits per heavy atom. The fraction of sp³-hybridized carbons (Fsp3) is 0.714. The van der Waals surface area contributed by atoms with Gasteiger partial charge in [0, 0.05) is 14.2 Å². The van der Waals surface area contributed by atoms with E-state index in [2.05, 4.69) is 18.9 Å². The van der Waals surface area contributed by atoms with Crippen molar-refractivity contribution < 1.29 is 28.5 Å². The van der Waals surface area contributed by atoms with Gasteiger partial charge in [0.1, 0.15) is 6.42 Å². The number of rotatable bonds is 6. The monoisotopic (exact) mass is 192 g/mol. The van der Waals surface area contributed by atoms with Gasteiger partial charge in [-0.2, -0.15) is 0 Å². The van der Waals surface area contributed by atoms with Crippen LogP contribution < -0.4 is 0 Å². The second-order valence-electron chi connectivity index (χ2n) is 2.02. The van der Waals surface area contributed by atoms with Gasteiger partial charge in [0.2, 0.25) is 0 Å². The maximum absolute atomic E-state index is 10.7. The van der Waals surface area contributed by atoms with Crippen LogP contribution in [0.5, 0.6) is 0 Å². The Hall–Kier alpha value is -1.14. The molecule has 0 saturated heterocycles. The summed E-state index contributed by atoms with van der Waals surface area (Å²) in [6.45, 7) is -0.340. The van der Waals surface area contributed by atoms with Gasteiger partial charge in [-0.15, -0.1) is 0 Å². The Bertz CT molecular complexity index is 148. The van der Waals surface area contributed by atoms with Gasteiger partial charge in [0.25, 0.3) is 0 Å². The molecule has 0 unspecified atom stereocenters. The van der Waals surface area contributed by atoms with Crippen molar-refractivity contribution in [3.8, 4) is 0 Å². The van der Waals surface area contributed by atoms with E-state index in [1.807, 2.05) is 0 Å². The van der Waals surface area contributed by atoms with Crippen molar-refractivity contribution >= 4 is 11.9 Å². The summed E-state index contributed by atoms with van der Waals surface area (Å²) < 4.78 is 17.8. The molecule has 0 heterocycles. The Kier molecular flexibility index (Phi) is 6.85. The molecule has 0 N–H and O–H groups in total. The van der Waals surface area contributed by atoms with E-state index in [1.165, 1.54) is 14.2 Å². The summed E-state index contributed by atoms with van der Waals surface area (Å²) in [5.41, 5.74) is 0. The van der Waals surface area contributed by atoms with Gasteiger partial charge < -0.3 is 18.9 Å². The summed E-state index contributed by atoms with van der Waals surface area (Å²) in [5.74, 6) is -1.38. The molecule has 13 heavy (non-hydrogen) atoms. The van der Waals surface area contributed by atoms with Crippen LogP contribution in [0.15, 0.2) is 0 Å². The average molecular weight is 192 g/mol. The second-order valence-corrected chi connectivity index (χ2v) is 2.02. The van der Waals surface area contributed by atoms with Gasteiger partial charge in [-0.1, -0.05) is 0 Å². The first-order chi connectivity index (χ1) is 6.20. The molecule has 0 aromatic rings. The average Bonchev–Trinajstić information content (AvgIpc) is 2.11. The fourth-order valence-corrected chi connectivity index (χ4v) is 0.469. The molecule has 0 spiro atoms. The predicted octanol–water partition coefficient (Wildman–Crippen LogP) is -0.329. The third-order valence-corrected chi connectivity index (χ3v) is 0.964. The van der Waals surface area contributed by atoms with Crippen LogP contribution in [0, 0.1) is 0 Å². The Morgan fingerprint density at radius 1 is 0.923 bits per heavy atom. The molecule has 0 aliphatic carbocycles. The molecule has 0 aromatic carbocycles. The Labute approximate surface area is 75.7 Å². The van der Waals surface area contributed by atoms with Crippen molar-refractivity contribution in [2.45, 2.75) is 6.42 Å². The predicted molar refractivity (Wildman–Crippen MR) is 40.6 cm³/mol. The van der Waals surface area contributed by atoms with Crippen LogP contribution in [0.4, 0.5) is 0 Å². The lowest BCUT2D eigenvalue weighted by Crippen LogP contribution is -2.15. The van der Waals surface area contributed by atoms with E-state index in [0.717, 1.165) is 0 Å². The van der Waals surface area contributed by atoms with Crippen molar-refractivity contribution in [2.75, 3.05) is 27.8 Å². The number of carbonyl (C=O) groups is 2. The van der Waals surface area contributed by atoms with Crippen molar-refractivity contribution in [3.63, 3.8) is 0 Å². The van der Waals surface area contributed by atoms with Gasteiger partial charge in [-0.05, 0) is 0 Å². The van der Waals surface area contributed by atoms with Crippen LogP contribution >= 0.6 is 0 Å². The van der Waals surface area contributed by atoms with E-state index in [-0.39, 0.29) is 13.6 Å². The highest BCUT2D eigenvalue weighted by atomic mass is 16.7. The van der Waals surface area contributed by atoms with Crippen LogP contribution in [0.3, 0.4) is 0 Å². The van der Waals surface area contributed by atoms with Crippen molar-refractivity contribution in [2.24, 2.45) is 0 Å². The molecular formula is C7H12O6. The zero-order valence-corrected chi connectivity index (χ0v) is 7.57. The number of ether oxygens (including phenoxy) is 4. The molecule has 0 aliphatic heterocycles. The minimum atomic E-state index is -0.692. The van der Waals surface area contributed by atoms with Crippen LogP contribution in [0.25, 0.3) is 0 Å². The van der Waals surface area contributed by atoms with Crippen LogP contribution in [-0.4, -0.2) is 39.7 Å².